The van der Waals surface area contributed by atoms with E-state index in [2.05, 4.69) is 19.2 Å². The lowest BCUT2D eigenvalue weighted by Gasteiger charge is -2.16. The maximum Gasteiger partial charge on any atom is 0.294 e. The van der Waals surface area contributed by atoms with E-state index in [0.29, 0.717) is 31.1 Å². The summed E-state index contributed by atoms with van der Waals surface area (Å²) in [4.78, 5) is 38.4. The number of imide groups is 1. The standard InChI is InChI=1S/C22H30N2O5S/c1-6-29-18-10-15(4)16(11-17(18)14(2)3)12-19-21(26)24(22(27)30-19)13-20(25)23-8-7-9-28-5/h10-12,14H,6-9,13H2,1-5H3,(H,23,25)/b19-12-. The number of carbonyl (C=O) groups is 3. The van der Waals surface area contributed by atoms with Crippen LogP contribution in [0.1, 0.15) is 49.8 Å². The van der Waals surface area contributed by atoms with Crippen molar-refractivity contribution in [1.29, 1.82) is 0 Å². The van der Waals surface area contributed by atoms with Crippen LogP contribution in [-0.2, 0) is 14.3 Å². The van der Waals surface area contributed by atoms with Crippen molar-refractivity contribution in [3.05, 3.63) is 33.7 Å². The molecule has 0 aromatic heterocycles. The molecule has 8 heteroatoms. The molecule has 1 saturated heterocycles. The van der Waals surface area contributed by atoms with E-state index in [1.54, 1.807) is 13.2 Å². The van der Waals surface area contributed by atoms with Crippen LogP contribution in [0.4, 0.5) is 4.79 Å². The van der Waals surface area contributed by atoms with Crippen molar-refractivity contribution in [2.75, 3.05) is 33.4 Å². The monoisotopic (exact) mass is 434 g/mol. The summed E-state index contributed by atoms with van der Waals surface area (Å²) >= 11 is 0.855. The van der Waals surface area contributed by atoms with Gasteiger partial charge in [-0.3, -0.25) is 19.3 Å². The van der Waals surface area contributed by atoms with Gasteiger partial charge >= 0.3 is 0 Å². The molecule has 0 unspecified atom stereocenters. The van der Waals surface area contributed by atoms with Crippen LogP contribution in [0.15, 0.2) is 17.0 Å². The second-order valence-electron chi connectivity index (χ2n) is 7.30. The lowest BCUT2D eigenvalue weighted by molar-refractivity contribution is -0.129. The lowest BCUT2D eigenvalue weighted by atomic mass is 9.96. The number of thioether (sulfide) groups is 1. The molecule has 3 amide bonds. The van der Waals surface area contributed by atoms with Gasteiger partial charge in [0, 0.05) is 20.3 Å². The highest BCUT2D eigenvalue weighted by Gasteiger charge is 2.36. The van der Waals surface area contributed by atoms with Crippen molar-refractivity contribution in [2.45, 2.75) is 40.0 Å². The molecule has 7 nitrogen and oxygen atoms in total. The first-order valence-corrected chi connectivity index (χ1v) is 10.9. The summed E-state index contributed by atoms with van der Waals surface area (Å²) in [6.45, 7) is 9.30. The fourth-order valence-electron chi connectivity index (χ4n) is 3.02. The summed E-state index contributed by atoms with van der Waals surface area (Å²) in [5.74, 6) is 0.266. The number of ether oxygens (including phenoxy) is 2. The van der Waals surface area contributed by atoms with Crippen LogP contribution < -0.4 is 10.1 Å². The molecule has 0 saturated carbocycles. The normalized spacial score (nSPS) is 15.4. The van der Waals surface area contributed by atoms with E-state index in [4.69, 9.17) is 9.47 Å². The van der Waals surface area contributed by atoms with Crippen LogP contribution in [0.25, 0.3) is 6.08 Å². The Morgan fingerprint density at radius 2 is 2.03 bits per heavy atom. The minimum atomic E-state index is -0.448. The fraction of sp³-hybridized carbons (Fsp3) is 0.500. The number of rotatable bonds is 10. The van der Waals surface area contributed by atoms with Crippen molar-refractivity contribution >= 4 is 34.9 Å². The summed E-state index contributed by atoms with van der Waals surface area (Å²) in [7, 11) is 1.59. The molecule has 1 heterocycles. The molecule has 164 valence electrons. The third-order valence-electron chi connectivity index (χ3n) is 4.63. The third kappa shape index (κ3) is 6.09. The molecule has 1 aromatic carbocycles. The zero-order chi connectivity index (χ0) is 22.3. The van der Waals surface area contributed by atoms with Gasteiger partial charge in [0.05, 0.1) is 11.5 Å². The quantitative estimate of drug-likeness (QED) is 0.446. The Morgan fingerprint density at radius 1 is 1.30 bits per heavy atom. The highest BCUT2D eigenvalue weighted by molar-refractivity contribution is 8.18. The second-order valence-corrected chi connectivity index (χ2v) is 8.29. The van der Waals surface area contributed by atoms with Gasteiger partial charge < -0.3 is 14.8 Å². The van der Waals surface area contributed by atoms with Gasteiger partial charge in [0.1, 0.15) is 12.3 Å². The Balaban J connectivity index is 2.17. The maximum atomic E-state index is 12.7. The van der Waals surface area contributed by atoms with E-state index in [1.807, 2.05) is 26.0 Å². The van der Waals surface area contributed by atoms with Crippen molar-refractivity contribution < 1.29 is 23.9 Å². The van der Waals surface area contributed by atoms with Crippen LogP contribution in [0.5, 0.6) is 5.75 Å². The second kappa shape index (κ2) is 11.2. The van der Waals surface area contributed by atoms with E-state index in [-0.39, 0.29) is 18.4 Å². The van der Waals surface area contributed by atoms with Crippen LogP contribution in [0.2, 0.25) is 0 Å². The number of aryl methyl sites for hydroxylation is 1. The van der Waals surface area contributed by atoms with Crippen LogP contribution in [-0.4, -0.2) is 55.4 Å². The van der Waals surface area contributed by atoms with Gasteiger partial charge in [0.25, 0.3) is 11.1 Å². The third-order valence-corrected chi connectivity index (χ3v) is 5.54. The number of nitrogens with zero attached hydrogens (tertiary/aromatic N) is 1. The molecular weight excluding hydrogens is 404 g/mol. The van der Waals surface area contributed by atoms with Crippen molar-refractivity contribution in [3.63, 3.8) is 0 Å². The zero-order valence-electron chi connectivity index (χ0n) is 18.2. The van der Waals surface area contributed by atoms with Gasteiger partial charge in [-0.2, -0.15) is 0 Å². The molecule has 1 fully saturated rings. The van der Waals surface area contributed by atoms with E-state index in [9.17, 15) is 14.4 Å². The molecule has 0 spiro atoms. The molecule has 1 N–H and O–H groups in total. The Bertz CT molecular complexity index is 835. The van der Waals surface area contributed by atoms with Crippen molar-refractivity contribution in [1.82, 2.24) is 10.2 Å². The average Bonchev–Trinajstić information content (AvgIpc) is 2.94. The molecule has 1 aliphatic heterocycles. The minimum absolute atomic E-state index is 0.246. The first-order valence-electron chi connectivity index (χ1n) is 10.1. The average molecular weight is 435 g/mol. The molecular formula is C22H30N2O5S. The molecule has 30 heavy (non-hydrogen) atoms. The van der Waals surface area contributed by atoms with Crippen LogP contribution >= 0.6 is 11.8 Å². The van der Waals surface area contributed by atoms with E-state index < -0.39 is 11.1 Å². The fourth-order valence-corrected chi connectivity index (χ4v) is 3.85. The van der Waals surface area contributed by atoms with Crippen molar-refractivity contribution in [2.24, 2.45) is 0 Å². The van der Waals surface area contributed by atoms with E-state index in [1.165, 1.54) is 0 Å². The smallest absolute Gasteiger partial charge is 0.294 e. The number of benzene rings is 1. The number of nitrogens with one attached hydrogen (secondary N) is 1. The molecule has 1 aliphatic rings. The molecule has 0 atom stereocenters. The Kier molecular flexibility index (Phi) is 8.92. The predicted molar refractivity (Wildman–Crippen MR) is 119 cm³/mol. The predicted octanol–water partition coefficient (Wildman–Crippen LogP) is 3.71. The summed E-state index contributed by atoms with van der Waals surface area (Å²) in [5.41, 5.74) is 2.85. The number of methoxy groups -OCH3 is 1. The minimum Gasteiger partial charge on any atom is -0.494 e. The Labute approximate surface area is 182 Å². The summed E-state index contributed by atoms with van der Waals surface area (Å²) in [5, 5.41) is 2.25. The van der Waals surface area contributed by atoms with Gasteiger partial charge in [-0.15, -0.1) is 0 Å². The summed E-state index contributed by atoms with van der Waals surface area (Å²) < 4.78 is 10.7. The van der Waals surface area contributed by atoms with Gasteiger partial charge in [0.2, 0.25) is 5.91 Å². The van der Waals surface area contributed by atoms with Gasteiger partial charge in [-0.05, 0) is 72.8 Å². The van der Waals surface area contributed by atoms with E-state index in [0.717, 1.165) is 39.1 Å². The zero-order valence-corrected chi connectivity index (χ0v) is 19.1. The SMILES string of the molecule is CCOc1cc(C)c(/C=C2\SC(=O)N(CC(=O)NCCCOC)C2=O)cc1C(C)C. The lowest BCUT2D eigenvalue weighted by Crippen LogP contribution is -2.39. The molecule has 0 radical (unpaired) electrons. The number of hydrogen-bond donors (Lipinski definition) is 1. The van der Waals surface area contributed by atoms with Crippen molar-refractivity contribution in [3.8, 4) is 5.75 Å². The molecule has 2 rings (SSSR count). The van der Waals surface area contributed by atoms with Crippen LogP contribution in [0.3, 0.4) is 0 Å². The molecule has 0 aliphatic carbocycles. The van der Waals surface area contributed by atoms with E-state index >= 15 is 0 Å². The number of carbonyl (C=O) groups excluding carboxylic acids is 3. The van der Waals surface area contributed by atoms with Gasteiger partial charge in [0.15, 0.2) is 0 Å². The Hall–Kier alpha value is -2.32. The topological polar surface area (TPSA) is 84.9 Å². The first kappa shape index (κ1) is 24.0. The maximum absolute atomic E-state index is 12.7. The molecule has 1 aromatic rings. The number of amides is 3. The summed E-state index contributed by atoms with van der Waals surface area (Å²) in [6, 6.07) is 3.96. The molecule has 0 bridgehead atoms. The number of hydrogen-bond acceptors (Lipinski definition) is 6. The largest absolute Gasteiger partial charge is 0.494 e. The Morgan fingerprint density at radius 3 is 2.67 bits per heavy atom. The highest BCUT2D eigenvalue weighted by atomic mass is 32.2. The van der Waals surface area contributed by atoms with Crippen LogP contribution in [0, 0.1) is 6.92 Å². The highest BCUT2D eigenvalue weighted by Crippen LogP contribution is 2.35. The summed E-state index contributed by atoms with van der Waals surface area (Å²) in [6.07, 6.45) is 2.39. The first-order chi connectivity index (χ1) is 14.3. The van der Waals surface area contributed by atoms with Gasteiger partial charge in [-0.25, -0.2) is 0 Å². The van der Waals surface area contributed by atoms with Gasteiger partial charge in [-0.1, -0.05) is 13.8 Å².